The van der Waals surface area contributed by atoms with Crippen LogP contribution in [0.15, 0.2) is 10.4 Å². The van der Waals surface area contributed by atoms with Gasteiger partial charge in [-0.2, -0.15) is 0 Å². The maximum Gasteiger partial charge on any atom is 0.194 e. The van der Waals surface area contributed by atoms with Crippen LogP contribution in [0.4, 0.5) is 0 Å². The highest BCUT2D eigenvalue weighted by Gasteiger charge is 2.22. The van der Waals surface area contributed by atoms with Crippen molar-refractivity contribution in [1.29, 1.82) is 0 Å². The van der Waals surface area contributed by atoms with Crippen LogP contribution in [-0.4, -0.2) is 48.2 Å². The number of piperidine rings is 1. The molecule has 1 N–H and O–H groups in total. The minimum absolute atomic E-state index is 0. The molecule has 0 aliphatic carbocycles. The second-order valence-corrected chi connectivity index (χ2v) is 8.06. The Morgan fingerprint density at radius 1 is 1.36 bits per heavy atom. The molecule has 1 aliphatic heterocycles. The van der Waals surface area contributed by atoms with Crippen molar-refractivity contribution in [2.75, 3.05) is 26.2 Å². The van der Waals surface area contributed by atoms with Gasteiger partial charge in [0.1, 0.15) is 0 Å². The Hall–Kier alpha value is -0.410. The zero-order valence-electron chi connectivity index (χ0n) is 16.2. The van der Waals surface area contributed by atoms with E-state index in [-0.39, 0.29) is 29.4 Å². The highest BCUT2D eigenvalue weighted by Crippen LogP contribution is 2.25. The van der Waals surface area contributed by atoms with Gasteiger partial charge < -0.3 is 15.0 Å². The molecule has 1 fully saturated rings. The number of nitrogens with zero attached hydrogens (tertiary/aromatic N) is 3. The van der Waals surface area contributed by atoms with E-state index in [9.17, 15) is 0 Å². The van der Waals surface area contributed by atoms with Crippen LogP contribution in [0, 0.1) is 0 Å². The van der Waals surface area contributed by atoms with Crippen molar-refractivity contribution >= 4 is 41.3 Å². The number of aromatic nitrogens is 1. The summed E-state index contributed by atoms with van der Waals surface area (Å²) in [6.07, 6.45) is 2.55. The molecule has 0 spiro atoms. The standard InChI is InChI=1S/C18H32N4OS.HI/c1-6-19-17(22-10-8-15(9-11-22)23-7-2)20-12-14-13-24-16(21-14)18(3,4)5;/h13,15H,6-12H2,1-5H3,(H,19,20);1H. The van der Waals surface area contributed by atoms with Gasteiger partial charge in [-0.1, -0.05) is 20.8 Å². The van der Waals surface area contributed by atoms with Crippen molar-refractivity contribution in [3.8, 4) is 0 Å². The van der Waals surface area contributed by atoms with E-state index in [1.54, 1.807) is 11.3 Å². The van der Waals surface area contributed by atoms with Gasteiger partial charge in [0.2, 0.25) is 0 Å². The van der Waals surface area contributed by atoms with Gasteiger partial charge in [-0.05, 0) is 26.7 Å². The second kappa shape index (κ2) is 10.7. The molecule has 0 saturated carbocycles. The molecule has 144 valence electrons. The van der Waals surface area contributed by atoms with Crippen molar-refractivity contribution in [3.05, 3.63) is 16.1 Å². The maximum absolute atomic E-state index is 5.74. The molecule has 0 atom stereocenters. The van der Waals surface area contributed by atoms with Crippen LogP contribution in [-0.2, 0) is 16.7 Å². The smallest absolute Gasteiger partial charge is 0.194 e. The summed E-state index contributed by atoms with van der Waals surface area (Å²) in [4.78, 5) is 11.9. The molecular weight excluding hydrogens is 447 g/mol. The summed E-state index contributed by atoms with van der Waals surface area (Å²) in [5, 5.41) is 6.73. The molecule has 7 heteroatoms. The van der Waals surface area contributed by atoms with Crippen molar-refractivity contribution < 1.29 is 4.74 Å². The summed E-state index contributed by atoms with van der Waals surface area (Å²) >= 11 is 1.73. The molecule has 0 bridgehead atoms. The number of ether oxygens (including phenoxy) is 1. The molecule has 1 saturated heterocycles. The summed E-state index contributed by atoms with van der Waals surface area (Å²) in [5.74, 6) is 0.998. The van der Waals surface area contributed by atoms with E-state index in [0.717, 1.165) is 50.7 Å². The number of halogens is 1. The highest BCUT2D eigenvalue weighted by molar-refractivity contribution is 14.0. The fourth-order valence-electron chi connectivity index (χ4n) is 2.78. The summed E-state index contributed by atoms with van der Waals surface area (Å²) in [5.41, 5.74) is 1.17. The molecule has 2 heterocycles. The van der Waals surface area contributed by atoms with Gasteiger partial charge in [0.25, 0.3) is 0 Å². The lowest BCUT2D eigenvalue weighted by molar-refractivity contribution is 0.0263. The Morgan fingerprint density at radius 2 is 2.04 bits per heavy atom. The van der Waals surface area contributed by atoms with Gasteiger partial charge >= 0.3 is 0 Å². The largest absolute Gasteiger partial charge is 0.378 e. The molecule has 0 radical (unpaired) electrons. The van der Waals surface area contributed by atoms with Gasteiger partial charge in [0.05, 0.1) is 23.4 Å². The average molecular weight is 480 g/mol. The van der Waals surface area contributed by atoms with Crippen molar-refractivity contribution in [1.82, 2.24) is 15.2 Å². The number of guanidine groups is 1. The van der Waals surface area contributed by atoms with Crippen molar-refractivity contribution in [2.45, 2.75) is 65.5 Å². The molecule has 5 nitrogen and oxygen atoms in total. The Labute approximate surface area is 173 Å². The second-order valence-electron chi connectivity index (χ2n) is 7.21. The zero-order valence-corrected chi connectivity index (χ0v) is 19.3. The number of rotatable bonds is 5. The van der Waals surface area contributed by atoms with Crippen LogP contribution in [0.5, 0.6) is 0 Å². The molecule has 25 heavy (non-hydrogen) atoms. The predicted octanol–water partition coefficient (Wildman–Crippen LogP) is 4.03. The van der Waals surface area contributed by atoms with Gasteiger partial charge in [-0.3, -0.25) is 0 Å². The van der Waals surface area contributed by atoms with E-state index in [0.29, 0.717) is 12.6 Å². The minimum atomic E-state index is 0. The Bertz CT molecular complexity index is 533. The minimum Gasteiger partial charge on any atom is -0.378 e. The molecule has 1 aliphatic rings. The topological polar surface area (TPSA) is 49.8 Å². The van der Waals surface area contributed by atoms with E-state index >= 15 is 0 Å². The molecular formula is C18H33IN4OS. The third-order valence-electron chi connectivity index (χ3n) is 4.06. The molecule has 1 aromatic heterocycles. The number of aliphatic imine (C=N–C) groups is 1. The number of hydrogen-bond acceptors (Lipinski definition) is 4. The quantitative estimate of drug-likeness (QED) is 0.393. The maximum atomic E-state index is 5.74. The van der Waals surface area contributed by atoms with Crippen LogP contribution in [0.3, 0.4) is 0 Å². The van der Waals surface area contributed by atoms with Gasteiger partial charge in [-0.15, -0.1) is 35.3 Å². The van der Waals surface area contributed by atoms with Crippen LogP contribution in [0.2, 0.25) is 0 Å². The van der Waals surface area contributed by atoms with E-state index in [1.807, 2.05) is 0 Å². The molecule has 0 amide bonds. The van der Waals surface area contributed by atoms with Crippen molar-refractivity contribution in [3.63, 3.8) is 0 Å². The van der Waals surface area contributed by atoms with Gasteiger partial charge in [-0.25, -0.2) is 9.98 Å². The average Bonchev–Trinajstić information content (AvgIpc) is 3.02. The Morgan fingerprint density at radius 3 is 2.56 bits per heavy atom. The first-order chi connectivity index (χ1) is 11.4. The fraction of sp³-hybridized carbons (Fsp3) is 0.778. The summed E-state index contributed by atoms with van der Waals surface area (Å²) in [7, 11) is 0. The van der Waals surface area contributed by atoms with Gasteiger partial charge in [0.15, 0.2) is 5.96 Å². The first-order valence-electron chi connectivity index (χ1n) is 9.03. The Kier molecular flexibility index (Phi) is 9.66. The van der Waals surface area contributed by atoms with Crippen LogP contribution in [0.25, 0.3) is 0 Å². The van der Waals surface area contributed by atoms with Crippen LogP contribution in [0.1, 0.15) is 58.2 Å². The fourth-order valence-corrected chi connectivity index (χ4v) is 3.67. The van der Waals surface area contributed by atoms with Gasteiger partial charge in [0, 0.05) is 37.0 Å². The zero-order chi connectivity index (χ0) is 17.6. The van der Waals surface area contributed by atoms with E-state index in [2.05, 4.69) is 50.2 Å². The normalized spacial score (nSPS) is 16.7. The predicted molar refractivity (Wildman–Crippen MR) is 117 cm³/mol. The lowest BCUT2D eigenvalue weighted by Crippen LogP contribution is -2.47. The van der Waals surface area contributed by atoms with E-state index in [1.165, 1.54) is 5.01 Å². The SMILES string of the molecule is CCNC(=NCc1csc(C(C)(C)C)n1)N1CCC(OCC)CC1.I. The number of nitrogens with one attached hydrogen (secondary N) is 1. The third kappa shape index (κ3) is 7.02. The lowest BCUT2D eigenvalue weighted by Gasteiger charge is -2.34. The highest BCUT2D eigenvalue weighted by atomic mass is 127. The summed E-state index contributed by atoms with van der Waals surface area (Å²) in [6, 6.07) is 0. The molecule has 0 unspecified atom stereocenters. The molecule has 1 aromatic rings. The number of thiazole rings is 1. The van der Waals surface area contributed by atoms with E-state index in [4.69, 9.17) is 14.7 Å². The summed E-state index contributed by atoms with van der Waals surface area (Å²) < 4.78 is 5.74. The monoisotopic (exact) mass is 480 g/mol. The van der Waals surface area contributed by atoms with Crippen LogP contribution < -0.4 is 5.32 Å². The molecule has 2 rings (SSSR count). The molecule has 0 aromatic carbocycles. The summed E-state index contributed by atoms with van der Waals surface area (Å²) in [6.45, 7) is 15.1. The first kappa shape index (κ1) is 22.6. The number of hydrogen-bond donors (Lipinski definition) is 1. The first-order valence-corrected chi connectivity index (χ1v) is 9.91. The van der Waals surface area contributed by atoms with E-state index < -0.39 is 0 Å². The van der Waals surface area contributed by atoms with Crippen molar-refractivity contribution in [2.24, 2.45) is 4.99 Å². The number of likely N-dealkylation sites (tertiary alicyclic amines) is 1. The third-order valence-corrected chi connectivity index (χ3v) is 5.38. The van der Waals surface area contributed by atoms with Crippen LogP contribution >= 0.6 is 35.3 Å². The lowest BCUT2D eigenvalue weighted by atomic mass is 9.98. The Balaban J connectivity index is 0.00000312.